The molecule has 0 saturated heterocycles. The van der Waals surface area contributed by atoms with Crippen LogP contribution in [0.1, 0.15) is 25.6 Å². The second-order valence-corrected chi connectivity index (χ2v) is 6.50. The molecule has 0 fully saturated rings. The lowest BCUT2D eigenvalue weighted by molar-refractivity contribution is -0.0511. The van der Waals surface area contributed by atoms with E-state index in [1.807, 2.05) is 0 Å². The van der Waals surface area contributed by atoms with Gasteiger partial charge in [0.1, 0.15) is 0 Å². The Morgan fingerprint density at radius 3 is 2.39 bits per heavy atom. The topological polar surface area (TPSA) is 64.6 Å². The Morgan fingerprint density at radius 2 is 1.75 bits per heavy atom. The molecule has 28 heavy (non-hydrogen) atoms. The molecule has 0 radical (unpaired) electrons. The van der Waals surface area contributed by atoms with Crippen LogP contribution in [-0.2, 0) is 0 Å². The van der Waals surface area contributed by atoms with E-state index in [1.54, 1.807) is 35.7 Å². The predicted molar refractivity (Wildman–Crippen MR) is 102 cm³/mol. The number of anilines is 1. The minimum atomic E-state index is -3.04. The molecule has 5 nitrogen and oxygen atoms in total. The second kappa shape index (κ2) is 8.62. The van der Waals surface area contributed by atoms with Gasteiger partial charge in [-0.3, -0.25) is 9.59 Å². The minimum absolute atomic E-state index is 0.103. The van der Waals surface area contributed by atoms with Crippen molar-refractivity contribution in [2.24, 2.45) is 0 Å². The maximum Gasteiger partial charge on any atom is 0.387 e. The summed E-state index contributed by atoms with van der Waals surface area (Å²) in [6.45, 7) is -3.04. The van der Waals surface area contributed by atoms with E-state index in [4.69, 9.17) is 4.74 Å². The van der Waals surface area contributed by atoms with Gasteiger partial charge in [-0.05, 0) is 29.6 Å². The molecular formula is C20H15F2NO4S. The average molecular weight is 403 g/mol. The number of alkyl halides is 2. The molecule has 8 heteroatoms. The standard InChI is InChI=1S/C20H15F2NO4S/c1-26-15-9-8-12(11-16(15)27-20(21)22)23-19(25)14-6-3-2-5-13(14)18(24)17-7-4-10-28-17/h2-11,20H,1H3,(H,23,25). The van der Waals surface area contributed by atoms with E-state index in [1.165, 1.54) is 42.7 Å². The van der Waals surface area contributed by atoms with Crippen LogP contribution in [0.25, 0.3) is 0 Å². The Hall–Kier alpha value is -3.26. The van der Waals surface area contributed by atoms with Crippen molar-refractivity contribution in [3.63, 3.8) is 0 Å². The van der Waals surface area contributed by atoms with Crippen LogP contribution in [-0.4, -0.2) is 25.4 Å². The van der Waals surface area contributed by atoms with Gasteiger partial charge in [-0.25, -0.2) is 0 Å². The van der Waals surface area contributed by atoms with Gasteiger partial charge in [-0.15, -0.1) is 11.3 Å². The van der Waals surface area contributed by atoms with E-state index in [9.17, 15) is 18.4 Å². The van der Waals surface area contributed by atoms with E-state index < -0.39 is 12.5 Å². The van der Waals surface area contributed by atoms with Gasteiger partial charge in [0.05, 0.1) is 17.6 Å². The number of ether oxygens (including phenoxy) is 2. The molecule has 0 atom stereocenters. The van der Waals surface area contributed by atoms with Crippen LogP contribution in [0.2, 0.25) is 0 Å². The molecule has 3 rings (SSSR count). The van der Waals surface area contributed by atoms with Crippen LogP contribution in [0.3, 0.4) is 0 Å². The highest BCUT2D eigenvalue weighted by Gasteiger charge is 2.19. The maximum absolute atomic E-state index is 12.7. The number of halogens is 2. The Labute approximate surface area is 163 Å². The summed E-state index contributed by atoms with van der Waals surface area (Å²) in [5.41, 5.74) is 0.646. The first-order valence-corrected chi connectivity index (χ1v) is 8.99. The van der Waals surface area contributed by atoms with Gasteiger partial charge in [0.25, 0.3) is 5.91 Å². The lowest BCUT2D eigenvalue weighted by Gasteiger charge is -2.13. The Kier molecular flexibility index (Phi) is 6.00. The van der Waals surface area contributed by atoms with Crippen molar-refractivity contribution in [1.82, 2.24) is 0 Å². The van der Waals surface area contributed by atoms with Crippen molar-refractivity contribution in [2.75, 3.05) is 12.4 Å². The largest absolute Gasteiger partial charge is 0.493 e. The van der Waals surface area contributed by atoms with Crippen molar-refractivity contribution in [3.05, 3.63) is 76.0 Å². The molecule has 1 heterocycles. The normalized spacial score (nSPS) is 10.6. The molecule has 0 aliphatic heterocycles. The summed E-state index contributed by atoms with van der Waals surface area (Å²) in [6.07, 6.45) is 0. The molecule has 1 N–H and O–H groups in total. The second-order valence-electron chi connectivity index (χ2n) is 5.55. The zero-order valence-electron chi connectivity index (χ0n) is 14.6. The van der Waals surface area contributed by atoms with Gasteiger partial charge in [-0.2, -0.15) is 8.78 Å². The van der Waals surface area contributed by atoms with Crippen molar-refractivity contribution in [3.8, 4) is 11.5 Å². The lowest BCUT2D eigenvalue weighted by Crippen LogP contribution is -2.16. The smallest absolute Gasteiger partial charge is 0.387 e. The summed E-state index contributed by atoms with van der Waals surface area (Å²) in [4.78, 5) is 25.9. The number of hydrogen-bond acceptors (Lipinski definition) is 5. The number of rotatable bonds is 7. The molecule has 1 amide bonds. The van der Waals surface area contributed by atoms with Crippen LogP contribution in [0, 0.1) is 0 Å². The van der Waals surface area contributed by atoms with Gasteiger partial charge in [-0.1, -0.05) is 24.3 Å². The number of carbonyl (C=O) groups is 2. The van der Waals surface area contributed by atoms with Crippen LogP contribution in [0.15, 0.2) is 60.0 Å². The number of methoxy groups -OCH3 is 1. The molecule has 0 bridgehead atoms. The van der Waals surface area contributed by atoms with E-state index in [0.29, 0.717) is 4.88 Å². The molecule has 0 aliphatic rings. The summed E-state index contributed by atoms with van der Waals surface area (Å²) < 4.78 is 34.5. The zero-order valence-corrected chi connectivity index (χ0v) is 15.5. The maximum atomic E-state index is 12.7. The lowest BCUT2D eigenvalue weighted by atomic mass is 10.0. The average Bonchev–Trinajstić information content (AvgIpc) is 3.22. The van der Waals surface area contributed by atoms with Gasteiger partial charge < -0.3 is 14.8 Å². The molecule has 1 aromatic heterocycles. The van der Waals surface area contributed by atoms with Gasteiger partial charge in [0.2, 0.25) is 5.78 Å². The SMILES string of the molecule is COc1ccc(NC(=O)c2ccccc2C(=O)c2cccs2)cc1OC(F)F. The number of benzene rings is 2. The summed E-state index contributed by atoms with van der Waals surface area (Å²) in [6, 6.07) is 13.9. The summed E-state index contributed by atoms with van der Waals surface area (Å²) in [5, 5.41) is 4.37. The fraction of sp³-hybridized carbons (Fsp3) is 0.100. The Balaban J connectivity index is 1.87. The van der Waals surface area contributed by atoms with Gasteiger partial charge in [0.15, 0.2) is 11.5 Å². The number of thiophene rings is 1. The summed E-state index contributed by atoms with van der Waals surface area (Å²) >= 11 is 1.28. The van der Waals surface area contributed by atoms with Gasteiger partial charge >= 0.3 is 6.61 Å². The molecule has 0 aliphatic carbocycles. The van der Waals surface area contributed by atoms with E-state index in [2.05, 4.69) is 10.1 Å². The van der Waals surface area contributed by atoms with Crippen LogP contribution in [0.4, 0.5) is 14.5 Å². The molecule has 2 aromatic carbocycles. The highest BCUT2D eigenvalue weighted by atomic mass is 32.1. The van der Waals surface area contributed by atoms with Crippen LogP contribution >= 0.6 is 11.3 Å². The fourth-order valence-corrected chi connectivity index (χ4v) is 3.24. The first kappa shape index (κ1) is 19.5. The first-order chi connectivity index (χ1) is 13.5. The van der Waals surface area contributed by atoms with Crippen molar-refractivity contribution >= 4 is 28.7 Å². The molecular weight excluding hydrogens is 388 g/mol. The van der Waals surface area contributed by atoms with Crippen molar-refractivity contribution in [1.29, 1.82) is 0 Å². The number of ketones is 1. The van der Waals surface area contributed by atoms with Crippen molar-refractivity contribution in [2.45, 2.75) is 6.61 Å². The molecule has 144 valence electrons. The highest BCUT2D eigenvalue weighted by molar-refractivity contribution is 7.12. The van der Waals surface area contributed by atoms with Crippen LogP contribution in [0.5, 0.6) is 11.5 Å². The zero-order chi connectivity index (χ0) is 20.1. The fourth-order valence-electron chi connectivity index (χ4n) is 2.56. The molecule has 0 spiro atoms. The molecule has 3 aromatic rings. The predicted octanol–water partition coefficient (Wildman–Crippen LogP) is 4.84. The number of nitrogens with one attached hydrogen (secondary N) is 1. The third-order valence-electron chi connectivity index (χ3n) is 3.80. The first-order valence-electron chi connectivity index (χ1n) is 8.11. The quantitative estimate of drug-likeness (QED) is 0.574. The number of carbonyl (C=O) groups excluding carboxylic acids is 2. The number of amides is 1. The van der Waals surface area contributed by atoms with E-state index >= 15 is 0 Å². The Morgan fingerprint density at radius 1 is 1.00 bits per heavy atom. The third-order valence-corrected chi connectivity index (χ3v) is 4.67. The van der Waals surface area contributed by atoms with Crippen LogP contribution < -0.4 is 14.8 Å². The monoisotopic (exact) mass is 403 g/mol. The third kappa shape index (κ3) is 4.34. The molecule has 0 unspecified atom stereocenters. The van der Waals surface area contributed by atoms with E-state index in [-0.39, 0.29) is 34.1 Å². The molecule has 0 saturated carbocycles. The Bertz CT molecular complexity index is 990. The van der Waals surface area contributed by atoms with Gasteiger partial charge in [0, 0.05) is 17.3 Å². The number of hydrogen-bond donors (Lipinski definition) is 1. The summed E-state index contributed by atoms with van der Waals surface area (Å²) in [7, 11) is 1.32. The summed E-state index contributed by atoms with van der Waals surface area (Å²) in [5.74, 6) is -0.921. The highest BCUT2D eigenvalue weighted by Crippen LogP contribution is 2.31. The van der Waals surface area contributed by atoms with E-state index in [0.717, 1.165) is 0 Å². The minimum Gasteiger partial charge on any atom is -0.493 e. The van der Waals surface area contributed by atoms with Crippen molar-refractivity contribution < 1.29 is 27.8 Å².